The third-order valence-corrected chi connectivity index (χ3v) is 1.68. The molecule has 86 valence electrons. The molecule has 0 aliphatic heterocycles. The quantitative estimate of drug-likeness (QED) is 0.415. The Morgan fingerprint density at radius 2 is 1.81 bits per heavy atom. The Bertz CT molecular complexity index is 259. The van der Waals surface area contributed by atoms with Gasteiger partial charge in [0, 0.05) is 6.42 Å². The average Bonchev–Trinajstić information content (AvgIpc) is 2.15. The van der Waals surface area contributed by atoms with Crippen molar-refractivity contribution in [3.8, 4) is 0 Å². The Hall–Kier alpha value is 0.00636. The summed E-state index contributed by atoms with van der Waals surface area (Å²) in [5.74, 6) is -2.91. The summed E-state index contributed by atoms with van der Waals surface area (Å²) in [5.41, 5.74) is 6.69. The predicted molar refractivity (Wildman–Crippen MR) is 50.2 cm³/mol. The molecule has 0 bridgehead atoms. The molecule has 0 aromatic carbocycles. The minimum atomic E-state index is -1.22. The molecule has 1 amide bonds. The van der Waals surface area contributed by atoms with Gasteiger partial charge in [-0.2, -0.15) is 0 Å². The Kier molecular flexibility index (Phi) is 11.7. The van der Waals surface area contributed by atoms with Crippen molar-refractivity contribution in [3.05, 3.63) is 5.73 Å². The number of hydrogen-bond donors (Lipinski definition) is 3. The van der Waals surface area contributed by atoms with Crippen LogP contribution in [0.5, 0.6) is 0 Å². The van der Waals surface area contributed by atoms with Crippen LogP contribution in [-0.2, 0) is 14.4 Å². The van der Waals surface area contributed by atoms with Crippen molar-refractivity contribution in [1.82, 2.24) is 5.32 Å². The van der Waals surface area contributed by atoms with Gasteiger partial charge in [-0.3, -0.25) is 9.59 Å². The first-order valence-corrected chi connectivity index (χ1v) is 4.36. The van der Waals surface area contributed by atoms with Crippen LogP contribution in [0.15, 0.2) is 0 Å². The monoisotopic (exact) mass is 256 g/mol. The number of carbonyl (C=O) groups is 3. The maximum Gasteiger partial charge on any atom is 1.00 e. The summed E-state index contributed by atoms with van der Waals surface area (Å²) in [6.45, 7) is -0.539. The maximum atomic E-state index is 10.7. The van der Waals surface area contributed by atoms with Crippen molar-refractivity contribution in [2.45, 2.75) is 25.3 Å². The summed E-state index contributed by atoms with van der Waals surface area (Å²) in [6, 6.07) is -1.11. The van der Waals surface area contributed by atoms with Gasteiger partial charge in [0.05, 0.1) is 0 Å². The number of nitrogens with one attached hydrogen (secondary N) is 2. The van der Waals surface area contributed by atoms with Gasteiger partial charge in [-0.25, -0.2) is 4.79 Å². The van der Waals surface area contributed by atoms with E-state index in [1.165, 1.54) is 0 Å². The topological polar surface area (TPSA) is 128 Å². The molecule has 0 saturated carbocycles. The van der Waals surface area contributed by atoms with E-state index >= 15 is 0 Å². The van der Waals surface area contributed by atoms with Crippen molar-refractivity contribution < 1.29 is 76.0 Å². The van der Waals surface area contributed by atoms with Crippen molar-refractivity contribution >= 4 is 17.8 Å². The van der Waals surface area contributed by atoms with Crippen molar-refractivity contribution in [2.24, 2.45) is 0 Å². The van der Waals surface area contributed by atoms with Crippen molar-refractivity contribution in [1.29, 1.82) is 0 Å². The van der Waals surface area contributed by atoms with Crippen LogP contribution in [-0.4, -0.2) is 40.6 Å². The van der Waals surface area contributed by atoms with Crippen LogP contribution < -0.4 is 56.7 Å². The summed E-state index contributed by atoms with van der Waals surface area (Å²) in [4.78, 5) is 31.5. The minimum absolute atomic E-state index is 0. The van der Waals surface area contributed by atoms with Crippen LogP contribution in [0.3, 0.4) is 0 Å². The fraction of sp³-hybridized carbons (Fsp3) is 0.625. The second kappa shape index (κ2) is 10.2. The Balaban J connectivity index is 0. The molecule has 0 radical (unpaired) electrons. The molecule has 0 heterocycles. The summed E-state index contributed by atoms with van der Waals surface area (Å²) in [5, 5.41) is 19.1. The van der Waals surface area contributed by atoms with Gasteiger partial charge in [0.15, 0.2) is 5.91 Å². The Morgan fingerprint density at radius 1 is 1.25 bits per heavy atom. The smallest absolute Gasteiger partial charge is 0.670 e. The fourth-order valence-corrected chi connectivity index (χ4v) is 0.960. The van der Waals surface area contributed by atoms with Crippen LogP contribution in [0.25, 0.3) is 5.73 Å². The van der Waals surface area contributed by atoms with Crippen LogP contribution in [0, 0.1) is 0 Å². The predicted octanol–water partition coefficient (Wildman–Crippen LogP) is -3.13. The zero-order valence-corrected chi connectivity index (χ0v) is 12.1. The number of carbonyl (C=O) groups excluding carboxylic acids is 1. The van der Waals surface area contributed by atoms with E-state index in [0.29, 0.717) is 0 Å². The standard InChI is InChI=1S/C8H13N2O5.K/c9-4-6(11)10-5(8(14)15)2-1-3-7(12)13;/h5,9H,1-4H2,(H,10,11)(H,12,13)(H,14,15);/q-1;+1. The normalized spacial score (nSPS) is 11.1. The van der Waals surface area contributed by atoms with E-state index in [1.54, 1.807) is 0 Å². The largest absolute Gasteiger partial charge is 1.00 e. The van der Waals surface area contributed by atoms with Gasteiger partial charge in [0.2, 0.25) is 0 Å². The van der Waals surface area contributed by atoms with E-state index < -0.39 is 30.4 Å². The summed E-state index contributed by atoms with van der Waals surface area (Å²) in [6.07, 6.45) is 0.0818. The molecule has 0 aromatic heterocycles. The summed E-state index contributed by atoms with van der Waals surface area (Å²) in [7, 11) is 0. The number of aliphatic carboxylic acids is 2. The van der Waals surface area contributed by atoms with Gasteiger partial charge in [0.1, 0.15) is 6.04 Å². The minimum Gasteiger partial charge on any atom is -0.670 e. The van der Waals surface area contributed by atoms with Crippen LogP contribution in [0.1, 0.15) is 19.3 Å². The third-order valence-electron chi connectivity index (χ3n) is 1.68. The fourth-order valence-electron chi connectivity index (χ4n) is 0.960. The zero-order chi connectivity index (χ0) is 11.8. The number of rotatable bonds is 7. The van der Waals surface area contributed by atoms with Crippen LogP contribution >= 0.6 is 0 Å². The first kappa shape index (κ1) is 18.4. The molecule has 0 spiro atoms. The van der Waals surface area contributed by atoms with E-state index in [9.17, 15) is 14.4 Å². The molecule has 8 heteroatoms. The number of carboxylic acids is 2. The van der Waals surface area contributed by atoms with E-state index in [4.69, 9.17) is 15.9 Å². The molecule has 0 aromatic rings. The van der Waals surface area contributed by atoms with Gasteiger partial charge < -0.3 is 21.3 Å². The third kappa shape index (κ3) is 9.25. The zero-order valence-electron chi connectivity index (χ0n) is 9.02. The SMILES string of the molecule is [K+].[NH-]CC(=O)NC(CCCC(=O)O)C(=O)O. The molecule has 0 aliphatic carbocycles. The number of amides is 1. The van der Waals surface area contributed by atoms with Gasteiger partial charge in [-0.05, 0) is 12.8 Å². The number of hydrogen-bond acceptors (Lipinski definition) is 3. The molecule has 0 rings (SSSR count). The van der Waals surface area contributed by atoms with Gasteiger partial charge in [-0.1, -0.05) is 6.54 Å². The van der Waals surface area contributed by atoms with E-state index in [1.807, 2.05) is 0 Å². The first-order valence-electron chi connectivity index (χ1n) is 4.36. The molecule has 1 atom stereocenters. The average molecular weight is 256 g/mol. The van der Waals surface area contributed by atoms with Gasteiger partial charge in [-0.15, -0.1) is 0 Å². The molecule has 16 heavy (non-hydrogen) atoms. The van der Waals surface area contributed by atoms with Crippen molar-refractivity contribution in [3.63, 3.8) is 0 Å². The molecule has 7 nitrogen and oxygen atoms in total. The second-order valence-corrected chi connectivity index (χ2v) is 2.92. The number of carboxylic acid groups (broad SMARTS) is 2. The molecule has 4 N–H and O–H groups in total. The van der Waals surface area contributed by atoms with Gasteiger partial charge >= 0.3 is 63.3 Å². The van der Waals surface area contributed by atoms with E-state index in [0.717, 1.165) is 0 Å². The summed E-state index contributed by atoms with van der Waals surface area (Å²) >= 11 is 0. The second-order valence-electron chi connectivity index (χ2n) is 2.92. The van der Waals surface area contributed by atoms with E-state index in [-0.39, 0.29) is 70.6 Å². The first-order chi connectivity index (χ1) is 6.97. The molecule has 0 saturated heterocycles. The van der Waals surface area contributed by atoms with Crippen LogP contribution in [0.2, 0.25) is 0 Å². The Labute approximate surface area is 135 Å². The molecule has 0 aliphatic rings. The molecule has 1 unspecified atom stereocenters. The van der Waals surface area contributed by atoms with Crippen LogP contribution in [0.4, 0.5) is 0 Å². The molecule has 0 fully saturated rings. The van der Waals surface area contributed by atoms with Crippen molar-refractivity contribution in [2.75, 3.05) is 6.54 Å². The summed E-state index contributed by atoms with van der Waals surface area (Å²) < 4.78 is 0. The molecular weight excluding hydrogens is 243 g/mol. The van der Waals surface area contributed by atoms with E-state index in [2.05, 4.69) is 5.32 Å². The Morgan fingerprint density at radius 3 is 2.19 bits per heavy atom. The molecular formula is C8H13KN2O5. The maximum absolute atomic E-state index is 10.7. The van der Waals surface area contributed by atoms with Gasteiger partial charge in [0.25, 0.3) is 0 Å².